The molecule has 1 N–H and O–H groups in total. The van der Waals surface area contributed by atoms with Crippen molar-refractivity contribution in [1.29, 1.82) is 0 Å². The summed E-state index contributed by atoms with van der Waals surface area (Å²) in [5.74, 6) is 1.25. The Morgan fingerprint density at radius 1 is 0.931 bits per heavy atom. The number of carbonyl (C=O) groups excluding carboxylic acids is 1. The molecule has 1 amide bonds. The molecule has 0 radical (unpaired) electrons. The van der Waals surface area contributed by atoms with Crippen molar-refractivity contribution in [2.24, 2.45) is 0 Å². The summed E-state index contributed by atoms with van der Waals surface area (Å²) in [4.78, 5) is 12.5. The largest absolute Gasteiger partial charge is 0.497 e. The van der Waals surface area contributed by atoms with Crippen molar-refractivity contribution in [1.82, 2.24) is 10.2 Å². The molecular weight excluding hydrogens is 366 g/mol. The molecule has 29 heavy (non-hydrogen) atoms. The van der Waals surface area contributed by atoms with E-state index in [-0.39, 0.29) is 5.91 Å². The van der Waals surface area contributed by atoms with E-state index in [1.54, 1.807) is 43.5 Å². The van der Waals surface area contributed by atoms with Gasteiger partial charge in [0, 0.05) is 22.4 Å². The molecular formula is C23H19N3O3. The zero-order chi connectivity index (χ0) is 20.2. The van der Waals surface area contributed by atoms with Gasteiger partial charge in [0.25, 0.3) is 5.91 Å². The van der Waals surface area contributed by atoms with Crippen molar-refractivity contribution in [3.05, 3.63) is 83.9 Å². The number of hydrogen-bond donors (Lipinski definition) is 1. The summed E-state index contributed by atoms with van der Waals surface area (Å²) < 4.78 is 11.0. The van der Waals surface area contributed by atoms with E-state index in [0.29, 0.717) is 28.8 Å². The first-order chi connectivity index (χ1) is 14.1. The number of methoxy groups -OCH3 is 1. The Labute approximate surface area is 168 Å². The highest BCUT2D eigenvalue weighted by Crippen LogP contribution is 2.27. The number of amides is 1. The molecule has 0 aliphatic carbocycles. The minimum Gasteiger partial charge on any atom is -0.497 e. The normalized spacial score (nSPS) is 10.6. The minimum atomic E-state index is -0.229. The first-order valence-corrected chi connectivity index (χ1v) is 9.09. The quantitative estimate of drug-likeness (QED) is 0.525. The zero-order valence-corrected chi connectivity index (χ0v) is 16.0. The van der Waals surface area contributed by atoms with Crippen molar-refractivity contribution >= 4 is 11.6 Å². The molecule has 0 spiro atoms. The Morgan fingerprint density at radius 2 is 1.72 bits per heavy atom. The SMILES string of the molecule is COc1cccc(C(=O)Nc2cccc(-c3nnc(-c4ccccc4C)o3)c2)c1. The molecule has 0 fully saturated rings. The predicted molar refractivity (Wildman–Crippen MR) is 111 cm³/mol. The molecule has 3 aromatic carbocycles. The molecule has 4 aromatic rings. The standard InChI is InChI=1S/C23H19N3O3/c1-15-7-3-4-12-20(15)23-26-25-22(29-23)17-9-5-10-18(13-17)24-21(27)16-8-6-11-19(14-16)28-2/h3-14H,1-2H3,(H,24,27). The third kappa shape index (κ3) is 4.01. The van der Waals surface area contributed by atoms with Gasteiger partial charge in [-0.3, -0.25) is 4.79 Å². The number of anilines is 1. The second-order valence-electron chi connectivity index (χ2n) is 6.49. The Morgan fingerprint density at radius 3 is 2.55 bits per heavy atom. The maximum Gasteiger partial charge on any atom is 0.255 e. The van der Waals surface area contributed by atoms with Crippen LogP contribution in [0.5, 0.6) is 5.75 Å². The fourth-order valence-electron chi connectivity index (χ4n) is 2.96. The maximum atomic E-state index is 12.5. The number of hydrogen-bond acceptors (Lipinski definition) is 5. The summed E-state index contributed by atoms with van der Waals surface area (Å²) in [6.45, 7) is 1.99. The lowest BCUT2D eigenvalue weighted by atomic mass is 10.1. The summed E-state index contributed by atoms with van der Waals surface area (Å²) >= 11 is 0. The molecule has 0 aliphatic heterocycles. The Kier molecular flexibility index (Phi) is 5.07. The van der Waals surface area contributed by atoms with E-state index in [1.165, 1.54) is 0 Å². The van der Waals surface area contributed by atoms with Crippen LogP contribution in [0.25, 0.3) is 22.9 Å². The van der Waals surface area contributed by atoms with Crippen LogP contribution < -0.4 is 10.1 Å². The number of nitrogens with one attached hydrogen (secondary N) is 1. The Hall–Kier alpha value is -3.93. The molecule has 6 heteroatoms. The zero-order valence-electron chi connectivity index (χ0n) is 16.0. The first-order valence-electron chi connectivity index (χ1n) is 9.09. The van der Waals surface area contributed by atoms with Crippen LogP contribution in [-0.2, 0) is 0 Å². The van der Waals surface area contributed by atoms with Crippen molar-refractivity contribution in [3.8, 4) is 28.7 Å². The molecule has 1 heterocycles. The maximum absolute atomic E-state index is 12.5. The van der Waals surface area contributed by atoms with Crippen molar-refractivity contribution < 1.29 is 13.9 Å². The fraction of sp³-hybridized carbons (Fsp3) is 0.0870. The average Bonchev–Trinajstić information content (AvgIpc) is 3.24. The smallest absolute Gasteiger partial charge is 0.255 e. The predicted octanol–water partition coefficient (Wildman–Crippen LogP) is 4.97. The number of carbonyl (C=O) groups is 1. The summed E-state index contributed by atoms with van der Waals surface area (Å²) in [6, 6.07) is 22.1. The third-order valence-corrected chi connectivity index (χ3v) is 4.50. The molecule has 0 aliphatic rings. The lowest BCUT2D eigenvalue weighted by Crippen LogP contribution is -2.11. The van der Waals surface area contributed by atoms with Gasteiger partial charge >= 0.3 is 0 Å². The summed E-state index contributed by atoms with van der Waals surface area (Å²) in [7, 11) is 1.57. The van der Waals surface area contributed by atoms with Crippen LogP contribution in [0.1, 0.15) is 15.9 Å². The Bertz CT molecular complexity index is 1170. The summed E-state index contributed by atoms with van der Waals surface area (Å²) in [5, 5.41) is 11.2. The van der Waals surface area contributed by atoms with Gasteiger partial charge in [-0.15, -0.1) is 10.2 Å². The average molecular weight is 385 g/mol. The van der Waals surface area contributed by atoms with Crippen molar-refractivity contribution in [2.45, 2.75) is 6.92 Å². The molecule has 144 valence electrons. The second kappa shape index (κ2) is 7.98. The number of aryl methyl sites for hydroxylation is 1. The Balaban J connectivity index is 1.56. The van der Waals surface area contributed by atoms with Gasteiger partial charge in [0.1, 0.15) is 5.75 Å². The van der Waals surface area contributed by atoms with E-state index in [1.807, 2.05) is 43.3 Å². The van der Waals surface area contributed by atoms with Crippen LogP contribution in [0.3, 0.4) is 0 Å². The van der Waals surface area contributed by atoms with Gasteiger partial charge in [0.2, 0.25) is 11.8 Å². The van der Waals surface area contributed by atoms with E-state index >= 15 is 0 Å². The highest BCUT2D eigenvalue weighted by Gasteiger charge is 2.13. The van der Waals surface area contributed by atoms with E-state index < -0.39 is 0 Å². The van der Waals surface area contributed by atoms with Crippen LogP contribution in [0.15, 0.2) is 77.2 Å². The van der Waals surface area contributed by atoms with Gasteiger partial charge in [-0.05, 0) is 55.0 Å². The molecule has 0 bridgehead atoms. The van der Waals surface area contributed by atoms with Crippen LogP contribution >= 0.6 is 0 Å². The van der Waals surface area contributed by atoms with Crippen LogP contribution in [0, 0.1) is 6.92 Å². The number of ether oxygens (including phenoxy) is 1. The van der Waals surface area contributed by atoms with Crippen molar-refractivity contribution in [3.63, 3.8) is 0 Å². The lowest BCUT2D eigenvalue weighted by Gasteiger charge is -2.07. The van der Waals surface area contributed by atoms with Gasteiger partial charge < -0.3 is 14.5 Å². The van der Waals surface area contributed by atoms with Gasteiger partial charge in [0.05, 0.1) is 7.11 Å². The van der Waals surface area contributed by atoms with E-state index in [4.69, 9.17) is 9.15 Å². The third-order valence-electron chi connectivity index (χ3n) is 4.50. The van der Waals surface area contributed by atoms with E-state index in [0.717, 1.165) is 16.7 Å². The number of benzene rings is 3. The molecule has 0 unspecified atom stereocenters. The molecule has 0 saturated heterocycles. The van der Waals surface area contributed by atoms with Gasteiger partial charge in [-0.1, -0.05) is 30.3 Å². The van der Waals surface area contributed by atoms with Crippen LogP contribution in [0.2, 0.25) is 0 Å². The molecule has 6 nitrogen and oxygen atoms in total. The summed E-state index contributed by atoms with van der Waals surface area (Å²) in [5.41, 5.74) is 3.82. The topological polar surface area (TPSA) is 77.2 Å². The fourth-order valence-corrected chi connectivity index (χ4v) is 2.96. The number of aromatic nitrogens is 2. The van der Waals surface area contributed by atoms with E-state index in [9.17, 15) is 4.79 Å². The highest BCUT2D eigenvalue weighted by molar-refractivity contribution is 6.04. The second-order valence-corrected chi connectivity index (χ2v) is 6.49. The lowest BCUT2D eigenvalue weighted by molar-refractivity contribution is 0.102. The van der Waals surface area contributed by atoms with E-state index in [2.05, 4.69) is 15.5 Å². The highest BCUT2D eigenvalue weighted by atomic mass is 16.5. The molecule has 0 atom stereocenters. The van der Waals surface area contributed by atoms with Gasteiger partial charge in [0.15, 0.2) is 0 Å². The minimum absolute atomic E-state index is 0.229. The van der Waals surface area contributed by atoms with Crippen molar-refractivity contribution in [2.75, 3.05) is 12.4 Å². The van der Waals surface area contributed by atoms with Gasteiger partial charge in [-0.2, -0.15) is 0 Å². The molecule has 0 saturated carbocycles. The number of nitrogens with zero attached hydrogens (tertiary/aromatic N) is 2. The molecule has 4 rings (SSSR count). The molecule has 1 aromatic heterocycles. The van der Waals surface area contributed by atoms with Crippen LogP contribution in [-0.4, -0.2) is 23.2 Å². The van der Waals surface area contributed by atoms with Gasteiger partial charge in [-0.25, -0.2) is 0 Å². The van der Waals surface area contributed by atoms with Crippen LogP contribution in [0.4, 0.5) is 5.69 Å². The first kappa shape index (κ1) is 18.4. The number of rotatable bonds is 5. The summed E-state index contributed by atoms with van der Waals surface area (Å²) in [6.07, 6.45) is 0. The monoisotopic (exact) mass is 385 g/mol.